The Morgan fingerprint density at radius 1 is 1.33 bits per heavy atom. The second-order valence-electron chi connectivity index (χ2n) is 5.11. The van der Waals surface area contributed by atoms with Crippen LogP contribution in [0.4, 0.5) is 11.4 Å². The molecule has 2 rings (SSSR count). The highest BCUT2D eigenvalue weighted by Gasteiger charge is 2.24. The summed E-state index contributed by atoms with van der Waals surface area (Å²) in [5.41, 5.74) is 0.955. The average molecular weight is 292 g/mol. The Kier molecular flexibility index (Phi) is 4.74. The first-order chi connectivity index (χ1) is 10.0. The number of carbonyl (C=O) groups excluding carboxylic acids is 1. The van der Waals surface area contributed by atoms with Gasteiger partial charge in [0.15, 0.2) is 0 Å². The summed E-state index contributed by atoms with van der Waals surface area (Å²) in [6, 6.07) is 4.38. The Morgan fingerprint density at radius 3 is 2.57 bits per heavy atom. The predicted molar refractivity (Wildman–Crippen MR) is 80.7 cm³/mol. The SMILES string of the molecule is CCNc1ccc([N+](=O)[O-])cc1C(=O)N1CCN(C)CC1. The summed E-state index contributed by atoms with van der Waals surface area (Å²) in [6.07, 6.45) is 0. The summed E-state index contributed by atoms with van der Waals surface area (Å²) in [5.74, 6) is -0.150. The molecule has 0 aliphatic carbocycles. The van der Waals surface area contributed by atoms with Gasteiger partial charge in [0.05, 0.1) is 10.5 Å². The van der Waals surface area contributed by atoms with E-state index >= 15 is 0 Å². The predicted octanol–water partition coefficient (Wildman–Crippen LogP) is 1.41. The van der Waals surface area contributed by atoms with Crippen molar-refractivity contribution in [3.8, 4) is 0 Å². The average Bonchev–Trinajstić information content (AvgIpc) is 2.48. The number of benzene rings is 1. The summed E-state index contributed by atoms with van der Waals surface area (Å²) >= 11 is 0. The molecule has 0 atom stereocenters. The van der Waals surface area contributed by atoms with Crippen molar-refractivity contribution in [3.63, 3.8) is 0 Å². The van der Waals surface area contributed by atoms with Crippen LogP contribution in [0.1, 0.15) is 17.3 Å². The van der Waals surface area contributed by atoms with Crippen LogP contribution in [0, 0.1) is 10.1 Å². The monoisotopic (exact) mass is 292 g/mol. The zero-order valence-electron chi connectivity index (χ0n) is 12.3. The van der Waals surface area contributed by atoms with Crippen molar-refractivity contribution in [3.05, 3.63) is 33.9 Å². The maximum atomic E-state index is 12.6. The van der Waals surface area contributed by atoms with E-state index in [2.05, 4.69) is 10.2 Å². The van der Waals surface area contributed by atoms with Gasteiger partial charge >= 0.3 is 0 Å². The van der Waals surface area contributed by atoms with Crippen molar-refractivity contribution >= 4 is 17.3 Å². The number of nitro groups is 1. The van der Waals surface area contributed by atoms with Crippen molar-refractivity contribution in [1.29, 1.82) is 0 Å². The van der Waals surface area contributed by atoms with E-state index in [1.807, 2.05) is 14.0 Å². The minimum Gasteiger partial charge on any atom is -0.385 e. The lowest BCUT2D eigenvalue weighted by Crippen LogP contribution is -2.47. The number of likely N-dealkylation sites (N-methyl/N-ethyl adjacent to an activating group) is 1. The molecule has 1 N–H and O–H groups in total. The van der Waals surface area contributed by atoms with Gasteiger partial charge in [-0.3, -0.25) is 14.9 Å². The smallest absolute Gasteiger partial charge is 0.270 e. The molecule has 0 unspecified atom stereocenters. The van der Waals surface area contributed by atoms with Crippen molar-refractivity contribution in [1.82, 2.24) is 9.80 Å². The molecule has 0 aromatic heterocycles. The van der Waals surface area contributed by atoms with Crippen LogP contribution in [-0.2, 0) is 0 Å². The fourth-order valence-electron chi connectivity index (χ4n) is 2.35. The summed E-state index contributed by atoms with van der Waals surface area (Å²) < 4.78 is 0. The van der Waals surface area contributed by atoms with E-state index in [0.29, 0.717) is 30.9 Å². The molecule has 0 saturated carbocycles. The Labute approximate surface area is 123 Å². The highest BCUT2D eigenvalue weighted by molar-refractivity contribution is 6.00. The van der Waals surface area contributed by atoms with Crippen molar-refractivity contribution in [2.45, 2.75) is 6.92 Å². The van der Waals surface area contributed by atoms with Gasteiger partial charge in [-0.1, -0.05) is 0 Å². The van der Waals surface area contributed by atoms with Gasteiger partial charge in [0, 0.05) is 50.5 Å². The number of anilines is 1. The van der Waals surface area contributed by atoms with Crippen LogP contribution in [-0.4, -0.2) is 60.4 Å². The molecular weight excluding hydrogens is 272 g/mol. The Hall–Kier alpha value is -2.15. The second-order valence-corrected chi connectivity index (χ2v) is 5.11. The van der Waals surface area contributed by atoms with Gasteiger partial charge < -0.3 is 15.1 Å². The molecule has 1 aliphatic heterocycles. The number of rotatable bonds is 4. The number of nitrogens with one attached hydrogen (secondary N) is 1. The topological polar surface area (TPSA) is 78.7 Å². The van der Waals surface area contributed by atoms with Crippen LogP contribution in [0.5, 0.6) is 0 Å². The Morgan fingerprint density at radius 2 is 2.00 bits per heavy atom. The molecule has 1 aromatic carbocycles. The van der Waals surface area contributed by atoms with E-state index in [4.69, 9.17) is 0 Å². The maximum Gasteiger partial charge on any atom is 0.270 e. The number of hydrogen-bond acceptors (Lipinski definition) is 5. The molecule has 7 heteroatoms. The minimum absolute atomic E-state index is 0.0610. The molecule has 1 fully saturated rings. The van der Waals surface area contributed by atoms with E-state index in [0.717, 1.165) is 13.1 Å². The normalized spacial score (nSPS) is 15.8. The van der Waals surface area contributed by atoms with E-state index < -0.39 is 4.92 Å². The van der Waals surface area contributed by atoms with Gasteiger partial charge in [0.2, 0.25) is 0 Å². The number of nitrogens with zero attached hydrogens (tertiary/aromatic N) is 3. The van der Waals surface area contributed by atoms with Crippen molar-refractivity contribution < 1.29 is 9.72 Å². The quantitative estimate of drug-likeness (QED) is 0.670. The van der Waals surface area contributed by atoms with Crippen molar-refractivity contribution in [2.75, 3.05) is 45.1 Å². The third kappa shape index (κ3) is 3.49. The van der Waals surface area contributed by atoms with Crippen LogP contribution in [0.25, 0.3) is 0 Å². The number of amides is 1. The molecule has 114 valence electrons. The van der Waals surface area contributed by atoms with Crippen LogP contribution in [0.3, 0.4) is 0 Å². The van der Waals surface area contributed by atoms with E-state index in [-0.39, 0.29) is 11.6 Å². The first kappa shape index (κ1) is 15.2. The summed E-state index contributed by atoms with van der Waals surface area (Å²) in [4.78, 5) is 27.0. The van der Waals surface area contributed by atoms with Crippen LogP contribution in [0.2, 0.25) is 0 Å². The fourth-order valence-corrected chi connectivity index (χ4v) is 2.35. The lowest BCUT2D eigenvalue weighted by atomic mass is 10.1. The van der Waals surface area contributed by atoms with Gasteiger partial charge in [0.25, 0.3) is 11.6 Å². The molecule has 21 heavy (non-hydrogen) atoms. The van der Waals surface area contributed by atoms with E-state index in [9.17, 15) is 14.9 Å². The number of non-ortho nitro benzene ring substituents is 1. The Balaban J connectivity index is 2.28. The zero-order valence-corrected chi connectivity index (χ0v) is 12.3. The third-order valence-electron chi connectivity index (χ3n) is 3.60. The van der Waals surface area contributed by atoms with Crippen molar-refractivity contribution in [2.24, 2.45) is 0 Å². The zero-order chi connectivity index (χ0) is 15.4. The number of hydrogen-bond donors (Lipinski definition) is 1. The maximum absolute atomic E-state index is 12.6. The second kappa shape index (κ2) is 6.53. The standard InChI is InChI=1S/C14H20N4O3/c1-3-15-13-5-4-11(18(20)21)10-12(13)14(19)17-8-6-16(2)7-9-17/h4-5,10,15H,3,6-9H2,1-2H3. The molecule has 1 amide bonds. The molecule has 1 saturated heterocycles. The molecular formula is C14H20N4O3. The molecule has 1 aromatic rings. The summed E-state index contributed by atoms with van der Waals surface area (Å²) in [7, 11) is 2.01. The molecule has 0 radical (unpaired) electrons. The summed E-state index contributed by atoms with van der Waals surface area (Å²) in [6.45, 7) is 5.49. The first-order valence-corrected chi connectivity index (χ1v) is 7.03. The molecule has 7 nitrogen and oxygen atoms in total. The fraction of sp³-hybridized carbons (Fsp3) is 0.500. The number of nitro benzene ring substituents is 1. The third-order valence-corrected chi connectivity index (χ3v) is 3.60. The first-order valence-electron chi connectivity index (χ1n) is 7.03. The lowest BCUT2D eigenvalue weighted by Gasteiger charge is -2.32. The van der Waals surface area contributed by atoms with Gasteiger partial charge in [-0.25, -0.2) is 0 Å². The molecule has 1 heterocycles. The molecule has 0 spiro atoms. The van der Waals surface area contributed by atoms with Crippen LogP contribution < -0.4 is 5.32 Å². The summed E-state index contributed by atoms with van der Waals surface area (Å²) in [5, 5.41) is 14.0. The lowest BCUT2D eigenvalue weighted by molar-refractivity contribution is -0.384. The van der Waals surface area contributed by atoms with E-state index in [1.165, 1.54) is 12.1 Å². The van der Waals surface area contributed by atoms with Gasteiger partial charge in [-0.05, 0) is 20.0 Å². The number of piperazine rings is 1. The highest BCUT2D eigenvalue weighted by Crippen LogP contribution is 2.24. The number of carbonyl (C=O) groups is 1. The molecule has 0 bridgehead atoms. The van der Waals surface area contributed by atoms with Crippen LogP contribution in [0.15, 0.2) is 18.2 Å². The Bertz CT molecular complexity index is 539. The van der Waals surface area contributed by atoms with Gasteiger partial charge in [-0.2, -0.15) is 0 Å². The van der Waals surface area contributed by atoms with Gasteiger partial charge in [-0.15, -0.1) is 0 Å². The highest BCUT2D eigenvalue weighted by atomic mass is 16.6. The van der Waals surface area contributed by atoms with Gasteiger partial charge in [0.1, 0.15) is 0 Å². The van der Waals surface area contributed by atoms with E-state index in [1.54, 1.807) is 11.0 Å². The molecule has 1 aliphatic rings. The minimum atomic E-state index is -0.476. The van der Waals surface area contributed by atoms with Crippen LogP contribution >= 0.6 is 0 Å². The largest absolute Gasteiger partial charge is 0.385 e.